The first-order valence-electron chi connectivity index (χ1n) is 9.46. The lowest BCUT2D eigenvalue weighted by Crippen LogP contribution is -2.49. The highest BCUT2D eigenvalue weighted by Gasteiger charge is 2.32. The summed E-state index contributed by atoms with van der Waals surface area (Å²) >= 11 is 12.1. The molecule has 0 amide bonds. The second kappa shape index (κ2) is 8.28. The number of rotatable bonds is 4. The van der Waals surface area contributed by atoms with E-state index in [-0.39, 0.29) is 26.5 Å². The molecule has 7 nitrogen and oxygen atoms in total. The predicted octanol–water partition coefficient (Wildman–Crippen LogP) is 3.30. The number of para-hydroxylation sites is 1. The molecule has 1 aliphatic rings. The summed E-state index contributed by atoms with van der Waals surface area (Å²) in [6.07, 6.45) is 0. The molecule has 1 aromatic heterocycles. The molecule has 2 aromatic carbocycles. The Morgan fingerprint density at radius 2 is 1.73 bits per heavy atom. The van der Waals surface area contributed by atoms with Crippen LogP contribution in [0.4, 0.5) is 0 Å². The topological polar surface area (TPSA) is 86.4 Å². The van der Waals surface area contributed by atoms with E-state index >= 15 is 0 Å². The lowest BCUT2D eigenvalue weighted by Gasteiger charge is -2.37. The third kappa shape index (κ3) is 3.86. The molecule has 3 aromatic rings. The number of hydrogen-bond acceptors (Lipinski definition) is 5. The van der Waals surface area contributed by atoms with Crippen LogP contribution < -0.4 is 5.56 Å². The van der Waals surface area contributed by atoms with Crippen molar-refractivity contribution >= 4 is 44.1 Å². The van der Waals surface area contributed by atoms with E-state index in [1.54, 1.807) is 30.3 Å². The van der Waals surface area contributed by atoms with Gasteiger partial charge in [-0.15, -0.1) is 0 Å². The zero-order valence-electron chi connectivity index (χ0n) is 16.2. The number of fused-ring (bicyclic) bond motifs is 1. The number of halogens is 2. The van der Waals surface area contributed by atoms with Crippen LogP contribution in [-0.4, -0.2) is 53.8 Å². The highest BCUT2D eigenvalue weighted by Crippen LogP contribution is 2.31. The quantitative estimate of drug-likeness (QED) is 0.637. The standard InChI is InChI=1S/C20H20Cl2N4O3S/c1-13(19-23-16-7-3-2-5-14(16)20(27)24-19)25-9-11-26(12-10-25)30(28,29)17-8-4-6-15(21)18(17)22/h2-8,13H,9-12H2,1H3,(H,23,24,27)/t13-/m0/s1. The van der Waals surface area contributed by atoms with Crippen molar-refractivity contribution < 1.29 is 8.42 Å². The Labute approximate surface area is 184 Å². The van der Waals surface area contributed by atoms with Crippen LogP contribution in [0, 0.1) is 0 Å². The van der Waals surface area contributed by atoms with E-state index < -0.39 is 10.0 Å². The highest BCUT2D eigenvalue weighted by atomic mass is 35.5. The van der Waals surface area contributed by atoms with E-state index in [2.05, 4.69) is 14.9 Å². The summed E-state index contributed by atoms with van der Waals surface area (Å²) in [6.45, 7) is 3.54. The lowest BCUT2D eigenvalue weighted by atomic mass is 10.2. The van der Waals surface area contributed by atoms with Gasteiger partial charge in [-0.2, -0.15) is 4.31 Å². The Balaban J connectivity index is 1.52. The first-order valence-corrected chi connectivity index (χ1v) is 11.7. The molecule has 10 heteroatoms. The summed E-state index contributed by atoms with van der Waals surface area (Å²) in [5, 5.41) is 0.784. The van der Waals surface area contributed by atoms with E-state index in [1.807, 2.05) is 13.0 Å². The van der Waals surface area contributed by atoms with Gasteiger partial charge in [-0.1, -0.05) is 41.4 Å². The van der Waals surface area contributed by atoms with Gasteiger partial charge in [0.1, 0.15) is 10.7 Å². The van der Waals surface area contributed by atoms with Crippen molar-refractivity contribution in [2.24, 2.45) is 0 Å². The predicted molar refractivity (Wildman–Crippen MR) is 118 cm³/mol. The number of aromatic nitrogens is 2. The summed E-state index contributed by atoms with van der Waals surface area (Å²) in [5.41, 5.74) is 0.458. The number of sulfonamides is 1. The van der Waals surface area contributed by atoms with Crippen molar-refractivity contribution in [3.8, 4) is 0 Å². The normalized spacial score (nSPS) is 17.3. The van der Waals surface area contributed by atoms with Gasteiger partial charge in [-0.05, 0) is 31.2 Å². The van der Waals surface area contributed by atoms with Gasteiger partial charge in [0.2, 0.25) is 10.0 Å². The molecule has 0 bridgehead atoms. The maximum Gasteiger partial charge on any atom is 0.258 e. The van der Waals surface area contributed by atoms with E-state index in [0.29, 0.717) is 42.9 Å². The Morgan fingerprint density at radius 3 is 2.47 bits per heavy atom. The first-order chi connectivity index (χ1) is 14.3. The number of nitrogens with one attached hydrogen (secondary N) is 1. The molecule has 0 radical (unpaired) electrons. The summed E-state index contributed by atoms with van der Waals surface area (Å²) in [7, 11) is -3.75. The van der Waals surface area contributed by atoms with E-state index in [4.69, 9.17) is 23.2 Å². The summed E-state index contributed by atoms with van der Waals surface area (Å²) in [4.78, 5) is 21.9. The smallest absolute Gasteiger partial charge is 0.258 e. The third-order valence-corrected chi connectivity index (χ3v) is 8.25. The Kier molecular flexibility index (Phi) is 5.87. The fourth-order valence-corrected chi connectivity index (χ4v) is 5.79. The minimum absolute atomic E-state index is 0.0127. The van der Waals surface area contributed by atoms with Crippen LogP contribution >= 0.6 is 23.2 Å². The first kappa shape index (κ1) is 21.3. The van der Waals surface area contributed by atoms with Crippen molar-refractivity contribution in [2.75, 3.05) is 26.2 Å². The van der Waals surface area contributed by atoms with Crippen molar-refractivity contribution in [1.82, 2.24) is 19.2 Å². The average Bonchev–Trinajstić information content (AvgIpc) is 2.75. The van der Waals surface area contributed by atoms with Crippen molar-refractivity contribution in [3.05, 3.63) is 68.7 Å². The summed E-state index contributed by atoms with van der Waals surface area (Å²) in [6, 6.07) is 11.6. The highest BCUT2D eigenvalue weighted by molar-refractivity contribution is 7.89. The lowest BCUT2D eigenvalue weighted by molar-refractivity contribution is 0.141. The van der Waals surface area contributed by atoms with Gasteiger partial charge in [0.15, 0.2) is 0 Å². The summed E-state index contributed by atoms with van der Waals surface area (Å²) < 4.78 is 27.4. The van der Waals surface area contributed by atoms with Gasteiger partial charge < -0.3 is 4.98 Å². The Bertz CT molecular complexity index is 1250. The molecule has 158 valence electrons. The van der Waals surface area contributed by atoms with E-state index in [9.17, 15) is 13.2 Å². The molecule has 4 rings (SSSR count). The zero-order chi connectivity index (χ0) is 21.5. The van der Waals surface area contributed by atoms with Crippen LogP contribution in [0.1, 0.15) is 18.8 Å². The number of nitrogens with zero attached hydrogens (tertiary/aromatic N) is 3. The number of hydrogen-bond donors (Lipinski definition) is 1. The van der Waals surface area contributed by atoms with Crippen LogP contribution in [0.15, 0.2) is 52.2 Å². The van der Waals surface area contributed by atoms with Gasteiger partial charge in [-0.3, -0.25) is 9.69 Å². The molecule has 0 spiro atoms. The molecule has 2 heterocycles. The molecule has 1 atom stereocenters. The maximum absolute atomic E-state index is 13.0. The SMILES string of the molecule is C[C@@H](c1nc2ccccc2c(=O)[nH]1)N1CCN(S(=O)(=O)c2cccc(Cl)c2Cl)CC1. The summed E-state index contributed by atoms with van der Waals surface area (Å²) in [5.74, 6) is 0.563. The van der Waals surface area contributed by atoms with E-state index in [0.717, 1.165) is 0 Å². The minimum atomic E-state index is -3.75. The molecular weight excluding hydrogens is 447 g/mol. The van der Waals surface area contributed by atoms with Gasteiger partial charge in [0, 0.05) is 26.2 Å². The second-order valence-corrected chi connectivity index (χ2v) is 9.83. The van der Waals surface area contributed by atoms with Crippen LogP contribution in [0.2, 0.25) is 10.0 Å². The number of benzene rings is 2. The molecule has 0 unspecified atom stereocenters. The Hall–Kier alpha value is -1.97. The second-order valence-electron chi connectivity index (χ2n) is 7.14. The Morgan fingerprint density at radius 1 is 1.03 bits per heavy atom. The van der Waals surface area contributed by atoms with Crippen LogP contribution in [-0.2, 0) is 10.0 Å². The molecule has 1 fully saturated rings. The van der Waals surface area contributed by atoms with Crippen LogP contribution in [0.3, 0.4) is 0 Å². The van der Waals surface area contributed by atoms with Gasteiger partial charge >= 0.3 is 0 Å². The molecule has 1 N–H and O–H groups in total. The average molecular weight is 467 g/mol. The van der Waals surface area contributed by atoms with Gasteiger partial charge in [0.25, 0.3) is 5.56 Å². The van der Waals surface area contributed by atoms with Crippen LogP contribution in [0.5, 0.6) is 0 Å². The fraction of sp³-hybridized carbons (Fsp3) is 0.300. The third-order valence-electron chi connectivity index (χ3n) is 5.38. The van der Waals surface area contributed by atoms with Crippen molar-refractivity contribution in [3.63, 3.8) is 0 Å². The van der Waals surface area contributed by atoms with Gasteiger partial charge in [0.05, 0.1) is 27.0 Å². The molecule has 0 saturated carbocycles. The number of H-pyrrole nitrogens is 1. The van der Waals surface area contributed by atoms with E-state index in [1.165, 1.54) is 10.4 Å². The van der Waals surface area contributed by atoms with Crippen molar-refractivity contribution in [2.45, 2.75) is 17.9 Å². The molecule has 1 aliphatic heterocycles. The largest absolute Gasteiger partial charge is 0.309 e. The van der Waals surface area contributed by atoms with Crippen LogP contribution in [0.25, 0.3) is 10.9 Å². The minimum Gasteiger partial charge on any atom is -0.309 e. The van der Waals surface area contributed by atoms with Gasteiger partial charge in [-0.25, -0.2) is 13.4 Å². The number of piperazine rings is 1. The molecular formula is C20H20Cl2N4O3S. The zero-order valence-corrected chi connectivity index (χ0v) is 18.5. The van der Waals surface area contributed by atoms with Crippen molar-refractivity contribution in [1.29, 1.82) is 0 Å². The maximum atomic E-state index is 13.0. The fourth-order valence-electron chi connectivity index (χ4n) is 3.63. The monoisotopic (exact) mass is 466 g/mol. The molecule has 1 saturated heterocycles. The molecule has 30 heavy (non-hydrogen) atoms. The molecule has 0 aliphatic carbocycles. The number of aromatic amines is 1.